The lowest BCUT2D eigenvalue weighted by Crippen LogP contribution is -2.49. The third-order valence-corrected chi connectivity index (χ3v) is 8.91. The van der Waals surface area contributed by atoms with Gasteiger partial charge < -0.3 is 24.5 Å². The summed E-state index contributed by atoms with van der Waals surface area (Å²) in [6, 6.07) is 10.5. The Morgan fingerprint density at radius 2 is 1.52 bits per heavy atom. The van der Waals surface area contributed by atoms with Crippen LogP contribution in [0.2, 0.25) is 5.02 Å². The van der Waals surface area contributed by atoms with Gasteiger partial charge in [-0.1, -0.05) is 95.7 Å². The lowest BCUT2D eigenvalue weighted by Gasteiger charge is -2.29. The van der Waals surface area contributed by atoms with E-state index in [0.29, 0.717) is 33.6 Å². The van der Waals surface area contributed by atoms with Crippen molar-refractivity contribution in [2.24, 2.45) is 0 Å². The van der Waals surface area contributed by atoms with Gasteiger partial charge in [0.25, 0.3) is 5.91 Å². The predicted molar refractivity (Wildman–Crippen MR) is 192 cm³/mol. The van der Waals surface area contributed by atoms with Crippen LogP contribution in [0.25, 0.3) is 22.1 Å². The average Bonchev–Trinajstić information content (AvgIpc) is 3.05. The molecule has 0 radical (unpaired) electrons. The van der Waals surface area contributed by atoms with E-state index in [0.717, 1.165) is 19.3 Å². The second-order valence-corrected chi connectivity index (χ2v) is 12.7. The van der Waals surface area contributed by atoms with E-state index in [1.54, 1.807) is 51.1 Å². The number of aliphatic carboxylic acids is 1. The average molecular weight is 683 g/mol. The minimum absolute atomic E-state index is 0.0592. The molecule has 0 fully saturated rings. The summed E-state index contributed by atoms with van der Waals surface area (Å²) in [5.41, 5.74) is 1.36. The van der Waals surface area contributed by atoms with Crippen molar-refractivity contribution >= 4 is 46.0 Å². The zero-order chi connectivity index (χ0) is 35.1. The maximum atomic E-state index is 13.0. The number of likely N-dealkylation sites (N-methyl/N-ethyl adjacent to an activating group) is 1. The number of benzene rings is 2. The molecule has 0 bridgehead atoms. The molecule has 0 aliphatic carbocycles. The Morgan fingerprint density at radius 1 is 0.875 bits per heavy atom. The molecule has 0 aliphatic rings. The van der Waals surface area contributed by atoms with Gasteiger partial charge in [0.15, 0.2) is 6.10 Å². The molecular formula is C38H51ClN2O7. The number of anilines is 1. The number of carboxylic acids is 1. The highest BCUT2D eigenvalue weighted by Gasteiger charge is 2.31. The van der Waals surface area contributed by atoms with E-state index in [-0.39, 0.29) is 30.2 Å². The lowest BCUT2D eigenvalue weighted by molar-refractivity contribution is -0.153. The van der Waals surface area contributed by atoms with Gasteiger partial charge in [-0.15, -0.1) is 0 Å². The topological polar surface area (TPSA) is 126 Å². The molecule has 0 saturated heterocycles. The number of unbranched alkanes of at least 4 members (excludes halogenated alkanes) is 10. The Hall–Kier alpha value is -3.85. The highest BCUT2D eigenvalue weighted by atomic mass is 35.5. The summed E-state index contributed by atoms with van der Waals surface area (Å²) in [4.78, 5) is 51.1. The summed E-state index contributed by atoms with van der Waals surface area (Å²) in [7, 11) is 0. The summed E-state index contributed by atoms with van der Waals surface area (Å²) < 4.78 is 11.3. The summed E-state index contributed by atoms with van der Waals surface area (Å²) in [6.45, 7) is 7.43. The van der Waals surface area contributed by atoms with Gasteiger partial charge in [-0.25, -0.2) is 9.59 Å². The molecule has 2 aromatic carbocycles. The van der Waals surface area contributed by atoms with E-state index in [2.05, 4.69) is 12.2 Å². The summed E-state index contributed by atoms with van der Waals surface area (Å²) >= 11 is 6.67. The first-order valence-corrected chi connectivity index (χ1v) is 17.8. The van der Waals surface area contributed by atoms with Gasteiger partial charge in [0, 0.05) is 47.3 Å². The molecule has 3 rings (SSSR count). The van der Waals surface area contributed by atoms with Crippen molar-refractivity contribution in [2.75, 3.05) is 11.9 Å². The largest absolute Gasteiger partial charge is 0.481 e. The number of fused-ring (bicyclic) bond motifs is 1. The van der Waals surface area contributed by atoms with Gasteiger partial charge in [-0.2, -0.15) is 0 Å². The van der Waals surface area contributed by atoms with Gasteiger partial charge in [-0.05, 0) is 51.0 Å². The number of nitrogens with zero attached hydrogens (tertiary/aromatic N) is 1. The third kappa shape index (κ3) is 11.4. The van der Waals surface area contributed by atoms with Gasteiger partial charge in [0.2, 0.25) is 5.91 Å². The molecule has 10 heteroatoms. The zero-order valence-electron chi connectivity index (χ0n) is 28.8. The molecule has 2 atom stereocenters. The van der Waals surface area contributed by atoms with E-state index in [4.69, 9.17) is 20.8 Å². The monoisotopic (exact) mass is 682 g/mol. The molecule has 0 spiro atoms. The molecule has 2 N–H and O–H groups in total. The van der Waals surface area contributed by atoms with Crippen LogP contribution in [0.3, 0.4) is 0 Å². The van der Waals surface area contributed by atoms with Crippen molar-refractivity contribution in [2.45, 2.75) is 123 Å². The van der Waals surface area contributed by atoms with Crippen LogP contribution < -0.4 is 15.7 Å². The van der Waals surface area contributed by atoms with Crippen molar-refractivity contribution in [1.29, 1.82) is 0 Å². The second kappa shape index (κ2) is 19.8. The van der Waals surface area contributed by atoms with Crippen LogP contribution in [0.4, 0.5) is 5.69 Å². The normalized spacial score (nSPS) is 12.4. The summed E-state index contributed by atoms with van der Waals surface area (Å²) in [5, 5.41) is 13.4. The number of ether oxygens (including phenoxy) is 1. The standard InChI is InChI=1S/C38H51ClN2O7/c1-5-8-9-10-11-12-13-14-15-16-17-18-35(42)40-27-19-21-29(32(39)23-27)31-25-36(43)48-34-24-28(20-22-30(31)34)47-26(4)37(44)41(7-3)33(6-2)38(45)46/h19-26,33H,5-18H2,1-4H3,(H,40,42)(H,45,46)/t26-,33?/m1/s1. The van der Waals surface area contributed by atoms with Gasteiger partial charge in [-0.3, -0.25) is 9.59 Å². The van der Waals surface area contributed by atoms with E-state index < -0.39 is 29.6 Å². The fourth-order valence-corrected chi connectivity index (χ4v) is 6.25. The Labute approximate surface area is 289 Å². The fraction of sp³-hybridized carbons (Fsp3) is 0.526. The second-order valence-electron chi connectivity index (χ2n) is 12.3. The number of rotatable bonds is 21. The van der Waals surface area contributed by atoms with Crippen molar-refractivity contribution in [3.8, 4) is 16.9 Å². The first-order valence-electron chi connectivity index (χ1n) is 17.5. The molecule has 0 saturated carbocycles. The number of carboxylic acid groups (broad SMARTS) is 1. The van der Waals surface area contributed by atoms with E-state index in [9.17, 15) is 24.3 Å². The third-order valence-electron chi connectivity index (χ3n) is 8.60. The smallest absolute Gasteiger partial charge is 0.336 e. The molecule has 48 heavy (non-hydrogen) atoms. The van der Waals surface area contributed by atoms with Crippen molar-refractivity contribution in [3.05, 3.63) is 57.9 Å². The number of nitrogens with one attached hydrogen (secondary N) is 1. The molecule has 2 amide bonds. The number of carbonyl (C=O) groups excluding carboxylic acids is 2. The molecule has 0 aliphatic heterocycles. The Balaban J connectivity index is 1.60. The number of carbonyl (C=O) groups is 3. The maximum absolute atomic E-state index is 13.0. The Bertz CT molecular complexity index is 1570. The first-order chi connectivity index (χ1) is 23.1. The van der Waals surface area contributed by atoms with Crippen LogP contribution in [-0.4, -0.2) is 46.5 Å². The van der Waals surface area contributed by atoms with Crippen LogP contribution in [0.5, 0.6) is 5.75 Å². The van der Waals surface area contributed by atoms with Crippen LogP contribution in [0.15, 0.2) is 51.7 Å². The Kier molecular flexibility index (Phi) is 16.0. The van der Waals surface area contributed by atoms with Crippen molar-refractivity contribution in [1.82, 2.24) is 4.90 Å². The maximum Gasteiger partial charge on any atom is 0.336 e. The van der Waals surface area contributed by atoms with Crippen LogP contribution in [0.1, 0.15) is 111 Å². The molecule has 262 valence electrons. The minimum atomic E-state index is -1.08. The van der Waals surface area contributed by atoms with Crippen molar-refractivity contribution < 1.29 is 28.6 Å². The highest BCUT2D eigenvalue weighted by Crippen LogP contribution is 2.35. The number of halogens is 1. The molecule has 9 nitrogen and oxygen atoms in total. The van der Waals surface area contributed by atoms with Crippen LogP contribution in [-0.2, 0) is 14.4 Å². The van der Waals surface area contributed by atoms with E-state index >= 15 is 0 Å². The van der Waals surface area contributed by atoms with Gasteiger partial charge in [0.1, 0.15) is 17.4 Å². The number of hydrogen-bond acceptors (Lipinski definition) is 6. The number of hydrogen-bond donors (Lipinski definition) is 2. The van der Waals surface area contributed by atoms with Gasteiger partial charge >= 0.3 is 11.6 Å². The van der Waals surface area contributed by atoms with Crippen LogP contribution in [0, 0.1) is 0 Å². The zero-order valence-corrected chi connectivity index (χ0v) is 29.6. The predicted octanol–water partition coefficient (Wildman–Crippen LogP) is 9.23. The molecule has 1 aromatic heterocycles. The van der Waals surface area contributed by atoms with E-state index in [1.807, 2.05) is 0 Å². The van der Waals surface area contributed by atoms with Crippen molar-refractivity contribution in [3.63, 3.8) is 0 Å². The first kappa shape index (κ1) is 38.6. The fourth-order valence-electron chi connectivity index (χ4n) is 5.97. The highest BCUT2D eigenvalue weighted by molar-refractivity contribution is 6.34. The SMILES string of the molecule is CCCCCCCCCCCCCC(=O)Nc1ccc(-c2cc(=O)oc3cc(O[C@H](C)C(=O)N(CC)C(CC)C(=O)O)ccc23)c(Cl)c1. The summed E-state index contributed by atoms with van der Waals surface area (Å²) in [5.74, 6) is -1.31. The lowest BCUT2D eigenvalue weighted by atomic mass is 10.0. The molecule has 1 heterocycles. The number of amides is 2. The quantitative estimate of drug-likeness (QED) is 0.0847. The Morgan fingerprint density at radius 3 is 2.10 bits per heavy atom. The van der Waals surface area contributed by atoms with Crippen LogP contribution >= 0.6 is 11.6 Å². The summed E-state index contributed by atoms with van der Waals surface area (Å²) in [6.07, 6.45) is 13.2. The molecule has 1 unspecified atom stereocenters. The molecular weight excluding hydrogens is 632 g/mol. The minimum Gasteiger partial charge on any atom is -0.481 e. The molecule has 3 aromatic rings. The van der Waals surface area contributed by atoms with Gasteiger partial charge in [0.05, 0.1) is 5.02 Å². The van der Waals surface area contributed by atoms with E-state index in [1.165, 1.54) is 68.4 Å².